The van der Waals surface area contributed by atoms with Gasteiger partial charge < -0.3 is 4.90 Å². The molecule has 5 nitrogen and oxygen atoms in total. The fraction of sp³-hybridized carbons (Fsp3) is 0.188. The van der Waals surface area contributed by atoms with Crippen LogP contribution in [0, 0.1) is 10.1 Å². The Kier molecular flexibility index (Phi) is 4.78. The molecule has 0 saturated carbocycles. The Morgan fingerprint density at radius 1 is 1.50 bits per heavy atom. The third kappa shape index (κ3) is 3.26. The van der Waals surface area contributed by atoms with E-state index >= 15 is 0 Å². The Morgan fingerprint density at radius 2 is 2.23 bits per heavy atom. The van der Waals surface area contributed by atoms with Crippen LogP contribution in [0.15, 0.2) is 59.4 Å². The number of likely N-dealkylation sites (N-methyl/N-ethyl adjacent to an activating group) is 1. The summed E-state index contributed by atoms with van der Waals surface area (Å²) in [5.74, 6) is 0. The van der Waals surface area contributed by atoms with Gasteiger partial charge in [-0.15, -0.1) is 0 Å². The molecule has 0 N–H and O–H groups in total. The average Bonchev–Trinajstić information content (AvgIpc) is 2.49. The summed E-state index contributed by atoms with van der Waals surface area (Å²) in [4.78, 5) is 17.0. The highest BCUT2D eigenvalue weighted by Gasteiger charge is 2.21. The standard InChI is InChI=1S/C16H16ClN3O2/c1-4-5-6-15-11(2)19(3)10-16(18-15)13-9-12(20(21)22)7-8-14(13)17/h4-9H,2,10H2,1,3H3/b5-4-,15-6+. The molecule has 0 bridgehead atoms. The van der Waals surface area contributed by atoms with Gasteiger partial charge in [0, 0.05) is 24.7 Å². The van der Waals surface area contributed by atoms with Crippen LogP contribution < -0.4 is 0 Å². The first-order chi connectivity index (χ1) is 10.4. The fourth-order valence-electron chi connectivity index (χ4n) is 2.08. The lowest BCUT2D eigenvalue weighted by atomic mass is 10.1. The molecule has 1 heterocycles. The van der Waals surface area contributed by atoms with Gasteiger partial charge in [0.1, 0.15) is 0 Å². The zero-order chi connectivity index (χ0) is 16.3. The molecule has 0 unspecified atom stereocenters. The van der Waals surface area contributed by atoms with E-state index in [1.165, 1.54) is 18.2 Å². The molecule has 2 rings (SSSR count). The number of nitrogens with zero attached hydrogens (tertiary/aromatic N) is 3. The summed E-state index contributed by atoms with van der Waals surface area (Å²) in [5.41, 5.74) is 2.75. The number of allylic oxidation sites excluding steroid dienone is 3. The third-order valence-electron chi connectivity index (χ3n) is 3.32. The minimum absolute atomic E-state index is 0.00635. The Bertz CT molecular complexity index is 720. The number of benzene rings is 1. The molecule has 22 heavy (non-hydrogen) atoms. The number of nitro groups is 1. The van der Waals surface area contributed by atoms with Crippen LogP contribution in [0.1, 0.15) is 12.5 Å². The summed E-state index contributed by atoms with van der Waals surface area (Å²) in [5, 5.41) is 11.4. The molecule has 1 aromatic rings. The molecule has 1 aliphatic heterocycles. The van der Waals surface area contributed by atoms with E-state index < -0.39 is 4.92 Å². The summed E-state index contributed by atoms with van der Waals surface area (Å²) in [6.45, 7) is 6.41. The molecular weight excluding hydrogens is 302 g/mol. The Labute approximate surface area is 134 Å². The molecule has 6 heteroatoms. The van der Waals surface area contributed by atoms with E-state index in [1.54, 1.807) is 0 Å². The molecule has 0 atom stereocenters. The van der Waals surface area contributed by atoms with Gasteiger partial charge in [0.2, 0.25) is 0 Å². The van der Waals surface area contributed by atoms with E-state index in [0.29, 0.717) is 28.5 Å². The van der Waals surface area contributed by atoms with Gasteiger partial charge >= 0.3 is 0 Å². The number of hydrogen-bond donors (Lipinski definition) is 0. The number of rotatable bonds is 3. The van der Waals surface area contributed by atoms with E-state index in [0.717, 1.165) is 5.70 Å². The van der Waals surface area contributed by atoms with Gasteiger partial charge in [-0.3, -0.25) is 10.1 Å². The third-order valence-corrected chi connectivity index (χ3v) is 3.65. The molecule has 0 saturated heterocycles. The van der Waals surface area contributed by atoms with Crippen molar-refractivity contribution in [1.82, 2.24) is 4.90 Å². The normalized spacial score (nSPS) is 17.2. The maximum absolute atomic E-state index is 10.9. The quantitative estimate of drug-likeness (QED) is 0.626. The second-order valence-electron chi connectivity index (χ2n) is 4.86. The van der Waals surface area contributed by atoms with Crippen LogP contribution in [0.2, 0.25) is 5.02 Å². The summed E-state index contributed by atoms with van der Waals surface area (Å²) in [6, 6.07) is 4.36. The number of nitro benzene ring substituents is 1. The monoisotopic (exact) mass is 317 g/mol. The number of halogens is 1. The molecule has 0 fully saturated rings. The van der Waals surface area contributed by atoms with Gasteiger partial charge in [0.05, 0.1) is 33.6 Å². The van der Waals surface area contributed by atoms with E-state index in [2.05, 4.69) is 11.6 Å². The van der Waals surface area contributed by atoms with Crippen molar-refractivity contribution in [3.05, 3.63) is 75.1 Å². The predicted molar refractivity (Wildman–Crippen MR) is 89.3 cm³/mol. The maximum atomic E-state index is 10.9. The van der Waals surface area contributed by atoms with Crippen LogP contribution in [-0.4, -0.2) is 29.1 Å². The minimum atomic E-state index is -0.442. The first-order valence-corrected chi connectivity index (χ1v) is 7.07. The Morgan fingerprint density at radius 3 is 2.86 bits per heavy atom. The van der Waals surface area contributed by atoms with Crippen LogP contribution >= 0.6 is 11.6 Å². The van der Waals surface area contributed by atoms with Gasteiger partial charge in [-0.1, -0.05) is 30.3 Å². The number of hydrogen-bond acceptors (Lipinski definition) is 4. The van der Waals surface area contributed by atoms with Crippen LogP contribution in [0.5, 0.6) is 0 Å². The summed E-state index contributed by atoms with van der Waals surface area (Å²) in [7, 11) is 1.89. The minimum Gasteiger partial charge on any atom is -0.367 e. The summed E-state index contributed by atoms with van der Waals surface area (Å²) in [6.07, 6.45) is 5.61. The lowest BCUT2D eigenvalue weighted by Crippen LogP contribution is -2.30. The first kappa shape index (κ1) is 16.0. The first-order valence-electron chi connectivity index (χ1n) is 6.69. The molecule has 0 amide bonds. The Hall–Kier alpha value is -2.40. The SMILES string of the molecule is C=C1/C(=C\C=C/C)N=C(c2cc([N+](=O)[O-])ccc2Cl)CN1C. The lowest BCUT2D eigenvalue weighted by Gasteiger charge is -2.28. The number of non-ortho nitro benzene ring substituents is 1. The second kappa shape index (κ2) is 6.58. The zero-order valence-corrected chi connectivity index (χ0v) is 13.2. The molecule has 1 aromatic carbocycles. The van der Waals surface area contributed by atoms with Crippen molar-refractivity contribution in [2.75, 3.05) is 13.6 Å². The van der Waals surface area contributed by atoms with E-state index in [1.807, 2.05) is 37.1 Å². The van der Waals surface area contributed by atoms with E-state index in [-0.39, 0.29) is 5.69 Å². The molecule has 0 spiro atoms. The zero-order valence-electron chi connectivity index (χ0n) is 12.4. The largest absolute Gasteiger partial charge is 0.367 e. The highest BCUT2D eigenvalue weighted by Crippen LogP contribution is 2.27. The van der Waals surface area contributed by atoms with Crippen molar-refractivity contribution >= 4 is 23.0 Å². The molecular formula is C16H16ClN3O2. The highest BCUT2D eigenvalue weighted by molar-refractivity contribution is 6.34. The topological polar surface area (TPSA) is 58.7 Å². The molecule has 0 radical (unpaired) electrons. The summed E-state index contributed by atoms with van der Waals surface area (Å²) >= 11 is 6.19. The van der Waals surface area contributed by atoms with Crippen molar-refractivity contribution in [2.24, 2.45) is 4.99 Å². The molecule has 1 aliphatic rings. The fourth-order valence-corrected chi connectivity index (χ4v) is 2.30. The van der Waals surface area contributed by atoms with Crippen LogP contribution in [0.4, 0.5) is 5.69 Å². The van der Waals surface area contributed by atoms with Gasteiger partial charge in [-0.05, 0) is 19.1 Å². The van der Waals surface area contributed by atoms with Crippen molar-refractivity contribution in [3.63, 3.8) is 0 Å². The predicted octanol–water partition coefficient (Wildman–Crippen LogP) is 3.96. The molecule has 0 aromatic heterocycles. The van der Waals surface area contributed by atoms with Crippen molar-refractivity contribution in [2.45, 2.75) is 6.92 Å². The maximum Gasteiger partial charge on any atom is 0.270 e. The van der Waals surface area contributed by atoms with E-state index in [4.69, 9.17) is 11.6 Å². The Balaban J connectivity index is 2.53. The molecule has 114 valence electrons. The molecule has 0 aliphatic carbocycles. The van der Waals surface area contributed by atoms with E-state index in [9.17, 15) is 10.1 Å². The lowest BCUT2D eigenvalue weighted by molar-refractivity contribution is -0.384. The smallest absolute Gasteiger partial charge is 0.270 e. The second-order valence-corrected chi connectivity index (χ2v) is 5.27. The highest BCUT2D eigenvalue weighted by atomic mass is 35.5. The van der Waals surface area contributed by atoms with Crippen LogP contribution in [0.25, 0.3) is 0 Å². The van der Waals surface area contributed by atoms with Gasteiger partial charge in [0.15, 0.2) is 0 Å². The van der Waals surface area contributed by atoms with Gasteiger partial charge in [0.25, 0.3) is 5.69 Å². The van der Waals surface area contributed by atoms with Crippen molar-refractivity contribution < 1.29 is 4.92 Å². The summed E-state index contributed by atoms with van der Waals surface area (Å²) < 4.78 is 0. The number of aliphatic imine (C=N–C) groups is 1. The van der Waals surface area contributed by atoms with Gasteiger partial charge in [-0.25, -0.2) is 4.99 Å². The van der Waals surface area contributed by atoms with Crippen LogP contribution in [0.3, 0.4) is 0 Å². The van der Waals surface area contributed by atoms with Crippen molar-refractivity contribution in [3.8, 4) is 0 Å². The van der Waals surface area contributed by atoms with Gasteiger partial charge in [-0.2, -0.15) is 0 Å². The van der Waals surface area contributed by atoms with Crippen molar-refractivity contribution in [1.29, 1.82) is 0 Å². The van der Waals surface area contributed by atoms with Crippen LogP contribution in [-0.2, 0) is 0 Å². The average molecular weight is 318 g/mol.